The Kier molecular flexibility index (Phi) is 8.52. The molecule has 4 rings (SSSR count). The van der Waals surface area contributed by atoms with Gasteiger partial charge in [-0.15, -0.1) is 0 Å². The molecule has 0 aromatic heterocycles. The average Bonchev–Trinajstić information content (AvgIpc) is 2.95. The normalized spacial score (nSPS) is 18.2. The summed E-state index contributed by atoms with van der Waals surface area (Å²) < 4.78 is 16.1. The highest BCUT2D eigenvalue weighted by Gasteiger charge is 2.38. The van der Waals surface area contributed by atoms with Crippen molar-refractivity contribution in [3.63, 3.8) is 0 Å². The Morgan fingerprint density at radius 1 is 0.974 bits per heavy atom. The summed E-state index contributed by atoms with van der Waals surface area (Å²) in [7, 11) is 4.79. The zero-order valence-electron chi connectivity index (χ0n) is 22.2. The zero-order chi connectivity index (χ0) is 27.2. The molecular formula is C28H34N4O6. The standard InChI is InChI=1S/C28H34N4O6/c1-5-38-27(34)24-22(30(2)28(35)29-25(24)21-8-6-7-9-23(21)37-4)18-31-14-16-32(17-15-31)26(33)19-10-12-20(36-3)13-11-19/h6-13,25H,5,14-18H2,1-4H3,(H,29,35). The lowest BCUT2D eigenvalue weighted by Crippen LogP contribution is -2.53. The molecule has 0 radical (unpaired) electrons. The van der Waals surface area contributed by atoms with Gasteiger partial charge in [-0.2, -0.15) is 0 Å². The van der Waals surface area contributed by atoms with Crippen molar-refractivity contribution in [1.82, 2.24) is 20.0 Å². The fourth-order valence-electron chi connectivity index (χ4n) is 4.77. The minimum Gasteiger partial charge on any atom is -0.497 e. The summed E-state index contributed by atoms with van der Waals surface area (Å²) >= 11 is 0. The molecule has 3 amide bonds. The first-order valence-electron chi connectivity index (χ1n) is 12.6. The van der Waals surface area contributed by atoms with Crippen LogP contribution in [0.2, 0.25) is 0 Å². The second-order valence-electron chi connectivity index (χ2n) is 9.06. The van der Waals surface area contributed by atoms with Gasteiger partial charge in [0.15, 0.2) is 0 Å². The van der Waals surface area contributed by atoms with Crippen LogP contribution in [0, 0.1) is 0 Å². The monoisotopic (exact) mass is 522 g/mol. The van der Waals surface area contributed by atoms with Crippen LogP contribution in [-0.2, 0) is 9.53 Å². The molecule has 2 aliphatic rings. The highest BCUT2D eigenvalue weighted by molar-refractivity contribution is 5.95. The van der Waals surface area contributed by atoms with Gasteiger partial charge in [-0.1, -0.05) is 18.2 Å². The lowest BCUT2D eigenvalue weighted by Gasteiger charge is -2.39. The quantitative estimate of drug-likeness (QED) is 0.532. The van der Waals surface area contributed by atoms with Gasteiger partial charge in [0.05, 0.1) is 32.4 Å². The fourth-order valence-corrected chi connectivity index (χ4v) is 4.77. The molecule has 1 fully saturated rings. The Morgan fingerprint density at radius 3 is 2.29 bits per heavy atom. The maximum atomic E-state index is 13.3. The summed E-state index contributed by atoms with van der Waals surface area (Å²) in [6.07, 6.45) is 0. The Morgan fingerprint density at radius 2 is 1.66 bits per heavy atom. The van der Waals surface area contributed by atoms with Crippen LogP contribution in [-0.4, -0.2) is 93.2 Å². The number of nitrogens with zero attached hydrogens (tertiary/aromatic N) is 3. The number of amides is 3. The van der Waals surface area contributed by atoms with Crippen LogP contribution in [0.4, 0.5) is 4.79 Å². The number of esters is 1. The van der Waals surface area contributed by atoms with Gasteiger partial charge in [0, 0.05) is 56.6 Å². The number of urea groups is 1. The van der Waals surface area contributed by atoms with Crippen LogP contribution in [0.15, 0.2) is 59.8 Å². The molecular weight excluding hydrogens is 488 g/mol. The van der Waals surface area contributed by atoms with E-state index in [-0.39, 0.29) is 18.5 Å². The molecule has 2 aromatic carbocycles. The van der Waals surface area contributed by atoms with Crippen molar-refractivity contribution in [3.8, 4) is 11.5 Å². The largest absolute Gasteiger partial charge is 0.497 e. The number of methoxy groups -OCH3 is 2. The summed E-state index contributed by atoms with van der Waals surface area (Å²) in [6, 6.07) is 13.3. The van der Waals surface area contributed by atoms with E-state index in [9.17, 15) is 14.4 Å². The molecule has 0 bridgehead atoms. The van der Waals surface area contributed by atoms with Gasteiger partial charge < -0.3 is 24.4 Å². The Balaban J connectivity index is 1.56. The molecule has 0 aliphatic carbocycles. The minimum atomic E-state index is -0.721. The highest BCUT2D eigenvalue weighted by Crippen LogP contribution is 2.36. The Bertz CT molecular complexity index is 1200. The molecule has 1 atom stereocenters. The number of para-hydroxylation sites is 1. The van der Waals surface area contributed by atoms with Crippen LogP contribution < -0.4 is 14.8 Å². The second kappa shape index (κ2) is 12.0. The first kappa shape index (κ1) is 27.0. The van der Waals surface area contributed by atoms with E-state index in [0.717, 1.165) is 0 Å². The fraction of sp³-hybridized carbons (Fsp3) is 0.393. The lowest BCUT2D eigenvalue weighted by molar-refractivity contribution is -0.139. The van der Waals surface area contributed by atoms with Gasteiger partial charge >= 0.3 is 12.0 Å². The van der Waals surface area contributed by atoms with Crippen LogP contribution in [0.5, 0.6) is 11.5 Å². The SMILES string of the molecule is CCOC(=O)C1=C(CN2CCN(C(=O)c3ccc(OC)cc3)CC2)N(C)C(=O)NC1c1ccccc1OC. The van der Waals surface area contributed by atoms with Crippen molar-refractivity contribution in [2.75, 3.05) is 60.6 Å². The van der Waals surface area contributed by atoms with E-state index in [1.807, 2.05) is 23.1 Å². The third-order valence-electron chi connectivity index (χ3n) is 6.89. The number of likely N-dealkylation sites (N-methyl/N-ethyl adjacent to an activating group) is 1. The van der Waals surface area contributed by atoms with Crippen molar-refractivity contribution < 1.29 is 28.6 Å². The molecule has 1 saturated heterocycles. The summed E-state index contributed by atoms with van der Waals surface area (Å²) in [5, 5.41) is 2.93. The van der Waals surface area contributed by atoms with Crippen LogP contribution >= 0.6 is 0 Å². The van der Waals surface area contributed by atoms with Crippen LogP contribution in [0.25, 0.3) is 0 Å². The third kappa shape index (κ3) is 5.60. The molecule has 10 nitrogen and oxygen atoms in total. The molecule has 10 heteroatoms. The Hall–Kier alpha value is -4.05. The second-order valence-corrected chi connectivity index (χ2v) is 9.06. The number of benzene rings is 2. The molecule has 0 spiro atoms. The van der Waals surface area contributed by atoms with E-state index in [0.29, 0.717) is 66.6 Å². The van der Waals surface area contributed by atoms with Crippen LogP contribution in [0.1, 0.15) is 28.9 Å². The minimum absolute atomic E-state index is 0.0378. The summed E-state index contributed by atoms with van der Waals surface area (Å²) in [4.78, 5) is 44.7. The lowest BCUT2D eigenvalue weighted by atomic mass is 9.93. The number of piperazine rings is 1. The van der Waals surface area contributed by atoms with Gasteiger partial charge in [-0.25, -0.2) is 9.59 Å². The first-order valence-corrected chi connectivity index (χ1v) is 12.6. The molecule has 0 saturated carbocycles. The van der Waals surface area contributed by atoms with E-state index in [1.165, 1.54) is 4.90 Å². The maximum absolute atomic E-state index is 13.3. The summed E-state index contributed by atoms with van der Waals surface area (Å²) in [6.45, 7) is 4.55. The van der Waals surface area contributed by atoms with Gasteiger partial charge in [-0.3, -0.25) is 14.6 Å². The number of carbonyl (C=O) groups excluding carboxylic acids is 3. The van der Waals surface area contributed by atoms with Crippen molar-refractivity contribution in [2.45, 2.75) is 13.0 Å². The molecule has 2 aliphatic heterocycles. The molecule has 1 N–H and O–H groups in total. The van der Waals surface area contributed by atoms with E-state index in [4.69, 9.17) is 14.2 Å². The van der Waals surface area contributed by atoms with Crippen molar-refractivity contribution in [1.29, 1.82) is 0 Å². The van der Waals surface area contributed by atoms with Gasteiger partial charge in [0.2, 0.25) is 0 Å². The number of rotatable bonds is 8. The van der Waals surface area contributed by atoms with Crippen molar-refractivity contribution in [3.05, 3.63) is 70.9 Å². The molecule has 2 aromatic rings. The van der Waals surface area contributed by atoms with E-state index in [2.05, 4.69) is 10.2 Å². The van der Waals surface area contributed by atoms with Gasteiger partial charge in [0.25, 0.3) is 5.91 Å². The average molecular weight is 523 g/mol. The van der Waals surface area contributed by atoms with Gasteiger partial charge in [0.1, 0.15) is 11.5 Å². The summed E-state index contributed by atoms with van der Waals surface area (Å²) in [5.74, 6) is 0.737. The molecule has 38 heavy (non-hydrogen) atoms. The number of nitrogens with one attached hydrogen (secondary N) is 1. The highest BCUT2D eigenvalue weighted by atomic mass is 16.5. The summed E-state index contributed by atoms with van der Waals surface area (Å²) in [5.41, 5.74) is 2.22. The molecule has 202 valence electrons. The predicted molar refractivity (Wildman–Crippen MR) is 141 cm³/mol. The van der Waals surface area contributed by atoms with E-state index >= 15 is 0 Å². The number of hydrogen-bond acceptors (Lipinski definition) is 7. The zero-order valence-corrected chi connectivity index (χ0v) is 22.2. The third-order valence-corrected chi connectivity index (χ3v) is 6.89. The Labute approximate surface area is 222 Å². The first-order chi connectivity index (χ1) is 18.4. The topological polar surface area (TPSA) is 101 Å². The smallest absolute Gasteiger partial charge is 0.338 e. The number of hydrogen-bond donors (Lipinski definition) is 1. The van der Waals surface area contributed by atoms with Crippen molar-refractivity contribution >= 4 is 17.9 Å². The van der Waals surface area contributed by atoms with E-state index in [1.54, 1.807) is 58.5 Å². The van der Waals surface area contributed by atoms with Gasteiger partial charge in [-0.05, 0) is 37.3 Å². The van der Waals surface area contributed by atoms with E-state index < -0.39 is 12.0 Å². The number of ether oxygens (including phenoxy) is 3. The van der Waals surface area contributed by atoms with Crippen molar-refractivity contribution in [2.24, 2.45) is 0 Å². The predicted octanol–water partition coefficient (Wildman–Crippen LogP) is 2.68. The van der Waals surface area contributed by atoms with Crippen LogP contribution in [0.3, 0.4) is 0 Å². The molecule has 1 unspecified atom stereocenters. The number of carbonyl (C=O) groups is 3. The maximum Gasteiger partial charge on any atom is 0.338 e. The molecule has 2 heterocycles.